The summed E-state index contributed by atoms with van der Waals surface area (Å²) < 4.78 is 5.45. The third-order valence-electron chi connectivity index (χ3n) is 4.56. The monoisotopic (exact) mass is 407 g/mol. The SMILES string of the molecule is CCOc1ccc(NC2=C(c3ccc(NC(C)=O)cc3)C(=O)N(C(C)C)C2=O)cc1. The van der Waals surface area contributed by atoms with E-state index in [2.05, 4.69) is 10.6 Å². The summed E-state index contributed by atoms with van der Waals surface area (Å²) in [6.45, 7) is 7.49. The van der Waals surface area contributed by atoms with Crippen LogP contribution in [0.25, 0.3) is 5.57 Å². The van der Waals surface area contributed by atoms with Crippen molar-refractivity contribution < 1.29 is 19.1 Å². The zero-order chi connectivity index (χ0) is 21.8. The van der Waals surface area contributed by atoms with Crippen LogP contribution in [0.5, 0.6) is 5.75 Å². The Morgan fingerprint density at radius 1 is 0.967 bits per heavy atom. The Morgan fingerprint density at radius 3 is 2.10 bits per heavy atom. The molecule has 0 aromatic heterocycles. The summed E-state index contributed by atoms with van der Waals surface area (Å²) in [7, 11) is 0. The van der Waals surface area contributed by atoms with Crippen molar-refractivity contribution in [3.8, 4) is 5.75 Å². The van der Waals surface area contributed by atoms with Gasteiger partial charge in [-0.2, -0.15) is 0 Å². The molecule has 0 bridgehead atoms. The lowest BCUT2D eigenvalue weighted by Crippen LogP contribution is -2.38. The fraction of sp³-hybridized carbons (Fsp3) is 0.261. The molecule has 0 atom stereocenters. The Balaban J connectivity index is 1.98. The van der Waals surface area contributed by atoms with Crippen molar-refractivity contribution in [3.63, 3.8) is 0 Å². The lowest BCUT2D eigenvalue weighted by molar-refractivity contribution is -0.138. The first-order valence-corrected chi connectivity index (χ1v) is 9.82. The molecule has 1 aliphatic rings. The van der Waals surface area contributed by atoms with E-state index in [1.165, 1.54) is 11.8 Å². The number of carbonyl (C=O) groups is 3. The van der Waals surface area contributed by atoms with Crippen molar-refractivity contribution in [1.29, 1.82) is 0 Å². The average molecular weight is 407 g/mol. The van der Waals surface area contributed by atoms with Gasteiger partial charge in [0.25, 0.3) is 11.8 Å². The summed E-state index contributed by atoms with van der Waals surface area (Å²) in [4.78, 5) is 38.6. The third-order valence-corrected chi connectivity index (χ3v) is 4.56. The number of anilines is 2. The van der Waals surface area contributed by atoms with Crippen LogP contribution in [0.15, 0.2) is 54.2 Å². The van der Waals surface area contributed by atoms with Crippen molar-refractivity contribution in [2.45, 2.75) is 33.7 Å². The highest BCUT2D eigenvalue weighted by atomic mass is 16.5. The Bertz CT molecular complexity index is 992. The highest BCUT2D eigenvalue weighted by Crippen LogP contribution is 2.32. The van der Waals surface area contributed by atoms with Gasteiger partial charge < -0.3 is 15.4 Å². The highest BCUT2D eigenvalue weighted by Gasteiger charge is 2.40. The number of benzene rings is 2. The van der Waals surface area contributed by atoms with Crippen molar-refractivity contribution in [2.75, 3.05) is 17.2 Å². The number of rotatable bonds is 7. The third kappa shape index (κ3) is 4.35. The summed E-state index contributed by atoms with van der Waals surface area (Å²) in [5.41, 5.74) is 2.42. The van der Waals surface area contributed by atoms with Crippen LogP contribution in [0.2, 0.25) is 0 Å². The molecule has 0 aliphatic carbocycles. The fourth-order valence-corrected chi connectivity index (χ4v) is 3.27. The van der Waals surface area contributed by atoms with Crippen molar-refractivity contribution in [1.82, 2.24) is 4.90 Å². The molecule has 7 nitrogen and oxygen atoms in total. The second-order valence-corrected chi connectivity index (χ2v) is 7.16. The maximum absolute atomic E-state index is 13.1. The van der Waals surface area contributed by atoms with Crippen molar-refractivity contribution >= 4 is 34.7 Å². The molecule has 3 amide bonds. The fourth-order valence-electron chi connectivity index (χ4n) is 3.27. The van der Waals surface area contributed by atoms with E-state index in [4.69, 9.17) is 4.74 Å². The number of hydrogen-bond acceptors (Lipinski definition) is 5. The summed E-state index contributed by atoms with van der Waals surface area (Å²) in [6, 6.07) is 13.8. The summed E-state index contributed by atoms with van der Waals surface area (Å²) in [6.07, 6.45) is 0. The van der Waals surface area contributed by atoms with Gasteiger partial charge in [-0.05, 0) is 62.7 Å². The molecule has 1 aliphatic heterocycles. The Labute approximate surface area is 175 Å². The second-order valence-electron chi connectivity index (χ2n) is 7.16. The maximum atomic E-state index is 13.1. The summed E-state index contributed by atoms with van der Waals surface area (Å²) in [5, 5.41) is 5.80. The first-order chi connectivity index (χ1) is 14.3. The Hall–Kier alpha value is -3.61. The van der Waals surface area contributed by atoms with Crippen LogP contribution in [-0.4, -0.2) is 35.3 Å². The zero-order valence-corrected chi connectivity index (χ0v) is 17.5. The van der Waals surface area contributed by atoms with Gasteiger partial charge in [-0.3, -0.25) is 19.3 Å². The number of imide groups is 1. The van der Waals surface area contributed by atoms with Gasteiger partial charge in [0, 0.05) is 24.3 Å². The molecule has 0 radical (unpaired) electrons. The molecule has 0 saturated heterocycles. The smallest absolute Gasteiger partial charge is 0.278 e. The first-order valence-electron chi connectivity index (χ1n) is 9.82. The normalized spacial score (nSPS) is 13.8. The van der Waals surface area contributed by atoms with Gasteiger partial charge in [0.15, 0.2) is 0 Å². The standard InChI is InChI=1S/C23H25N3O4/c1-5-30-19-12-10-18(11-13-19)25-21-20(22(28)26(14(2)3)23(21)29)16-6-8-17(9-7-16)24-15(4)27/h6-14,25H,5H2,1-4H3,(H,24,27). The molecule has 0 unspecified atom stereocenters. The van der Waals surface area contributed by atoms with E-state index in [1.54, 1.807) is 62.4 Å². The molecule has 156 valence electrons. The Morgan fingerprint density at radius 2 is 1.57 bits per heavy atom. The van der Waals surface area contributed by atoms with E-state index in [0.29, 0.717) is 29.1 Å². The lowest BCUT2D eigenvalue weighted by Gasteiger charge is -2.19. The van der Waals surface area contributed by atoms with Crippen molar-refractivity contribution in [3.05, 3.63) is 59.8 Å². The maximum Gasteiger partial charge on any atom is 0.278 e. The summed E-state index contributed by atoms with van der Waals surface area (Å²) in [5.74, 6) is -0.179. The van der Waals surface area contributed by atoms with E-state index in [9.17, 15) is 14.4 Å². The van der Waals surface area contributed by atoms with Crippen LogP contribution >= 0.6 is 0 Å². The largest absolute Gasteiger partial charge is 0.494 e. The molecular weight excluding hydrogens is 382 g/mol. The van der Waals surface area contributed by atoms with Gasteiger partial charge in [0.05, 0.1) is 12.2 Å². The highest BCUT2D eigenvalue weighted by molar-refractivity contribution is 6.36. The van der Waals surface area contributed by atoms with Crippen LogP contribution in [0.4, 0.5) is 11.4 Å². The number of nitrogens with one attached hydrogen (secondary N) is 2. The second kappa shape index (κ2) is 8.82. The minimum Gasteiger partial charge on any atom is -0.494 e. The van der Waals surface area contributed by atoms with Crippen LogP contribution in [0.3, 0.4) is 0 Å². The van der Waals surface area contributed by atoms with Crippen LogP contribution in [0.1, 0.15) is 33.3 Å². The van der Waals surface area contributed by atoms with Gasteiger partial charge in [-0.1, -0.05) is 12.1 Å². The van der Waals surface area contributed by atoms with Crippen LogP contribution in [0, 0.1) is 0 Å². The molecule has 3 rings (SSSR count). The van der Waals surface area contributed by atoms with Crippen molar-refractivity contribution in [2.24, 2.45) is 0 Å². The average Bonchev–Trinajstić information content (AvgIpc) is 2.94. The first kappa shape index (κ1) is 21.1. The molecule has 0 fully saturated rings. The van der Waals surface area contributed by atoms with E-state index in [0.717, 1.165) is 5.75 Å². The topological polar surface area (TPSA) is 87.7 Å². The molecule has 2 aromatic rings. The van der Waals surface area contributed by atoms with Gasteiger partial charge in [0.1, 0.15) is 11.4 Å². The zero-order valence-electron chi connectivity index (χ0n) is 17.5. The summed E-state index contributed by atoms with van der Waals surface area (Å²) >= 11 is 0. The molecule has 1 heterocycles. The molecule has 30 heavy (non-hydrogen) atoms. The number of amides is 3. The molecule has 0 saturated carbocycles. The molecule has 7 heteroatoms. The molecule has 2 N–H and O–H groups in total. The number of ether oxygens (including phenoxy) is 1. The van der Waals surface area contributed by atoms with Crippen LogP contribution in [-0.2, 0) is 14.4 Å². The van der Waals surface area contributed by atoms with E-state index in [1.807, 2.05) is 6.92 Å². The van der Waals surface area contributed by atoms with Gasteiger partial charge in [-0.25, -0.2) is 0 Å². The van der Waals surface area contributed by atoms with E-state index < -0.39 is 0 Å². The molecule has 2 aromatic carbocycles. The molecular formula is C23H25N3O4. The minimum absolute atomic E-state index is 0.182. The van der Waals surface area contributed by atoms with E-state index in [-0.39, 0.29) is 29.5 Å². The quantitative estimate of drug-likeness (QED) is 0.684. The van der Waals surface area contributed by atoms with Crippen LogP contribution < -0.4 is 15.4 Å². The predicted octanol–water partition coefficient (Wildman–Crippen LogP) is 3.64. The van der Waals surface area contributed by atoms with Gasteiger partial charge in [0.2, 0.25) is 5.91 Å². The predicted molar refractivity (Wildman–Crippen MR) is 116 cm³/mol. The molecule has 0 spiro atoms. The number of nitrogens with zero attached hydrogens (tertiary/aromatic N) is 1. The number of carbonyl (C=O) groups excluding carboxylic acids is 3. The number of hydrogen-bond donors (Lipinski definition) is 2. The van der Waals surface area contributed by atoms with E-state index >= 15 is 0 Å². The lowest BCUT2D eigenvalue weighted by atomic mass is 10.0. The van der Waals surface area contributed by atoms with Gasteiger partial charge >= 0.3 is 0 Å². The minimum atomic E-state index is -0.371. The Kier molecular flexibility index (Phi) is 6.20. The van der Waals surface area contributed by atoms with Gasteiger partial charge in [-0.15, -0.1) is 0 Å².